The summed E-state index contributed by atoms with van der Waals surface area (Å²) in [5.74, 6) is -1.10. The molecule has 0 radical (unpaired) electrons. The van der Waals surface area contributed by atoms with E-state index in [-0.39, 0.29) is 31.2 Å². The number of anilines is 2. The maximum absolute atomic E-state index is 12.6. The fourth-order valence-corrected chi connectivity index (χ4v) is 3.42. The number of carbonyl (C=O) groups excluding carboxylic acids is 2. The zero-order valence-corrected chi connectivity index (χ0v) is 18.0. The minimum Gasteiger partial charge on any atom is -0.481 e. The highest BCUT2D eigenvalue weighted by molar-refractivity contribution is 5.93. The lowest BCUT2D eigenvalue weighted by atomic mass is 10.1. The van der Waals surface area contributed by atoms with E-state index in [2.05, 4.69) is 15.5 Å². The number of rotatable bonds is 10. The van der Waals surface area contributed by atoms with Gasteiger partial charge in [0, 0.05) is 30.4 Å². The zero-order valence-electron chi connectivity index (χ0n) is 18.0. The summed E-state index contributed by atoms with van der Waals surface area (Å²) in [4.78, 5) is 37.7. The fourth-order valence-electron chi connectivity index (χ4n) is 3.42. The van der Waals surface area contributed by atoms with Crippen LogP contribution in [0.5, 0.6) is 0 Å². The summed E-state index contributed by atoms with van der Waals surface area (Å²) in [5, 5.41) is 14.6. The summed E-state index contributed by atoms with van der Waals surface area (Å²) in [6.07, 6.45) is 2.33. The van der Waals surface area contributed by atoms with E-state index in [1.807, 2.05) is 32.0 Å². The number of amides is 2. The van der Waals surface area contributed by atoms with Crippen molar-refractivity contribution < 1.29 is 19.5 Å². The molecular weight excluding hydrogens is 394 g/mol. The van der Waals surface area contributed by atoms with Crippen LogP contribution < -0.4 is 10.6 Å². The van der Waals surface area contributed by atoms with Crippen LogP contribution in [-0.4, -0.2) is 46.9 Å². The Kier molecular flexibility index (Phi) is 7.41. The monoisotopic (exact) mass is 423 g/mol. The lowest BCUT2D eigenvalue weighted by Crippen LogP contribution is -2.37. The summed E-state index contributed by atoms with van der Waals surface area (Å²) in [5.41, 5.74) is 4.24. The first-order chi connectivity index (χ1) is 14.8. The Hall–Kier alpha value is -3.19. The number of carboxylic acids is 1. The van der Waals surface area contributed by atoms with Gasteiger partial charge in [-0.3, -0.25) is 19.3 Å². The molecule has 1 aliphatic rings. The van der Waals surface area contributed by atoms with Gasteiger partial charge in [-0.05, 0) is 61.6 Å². The molecule has 2 aromatic carbocycles. The third kappa shape index (κ3) is 7.22. The van der Waals surface area contributed by atoms with Crippen LogP contribution in [0.25, 0.3) is 0 Å². The molecule has 1 aliphatic carbocycles. The highest BCUT2D eigenvalue weighted by Gasteiger charge is 2.30. The number of carbonyl (C=O) groups is 3. The van der Waals surface area contributed by atoms with Crippen molar-refractivity contribution >= 4 is 29.2 Å². The molecule has 164 valence electrons. The normalized spacial score (nSPS) is 13.1. The number of aryl methyl sites for hydroxylation is 2. The molecule has 7 heteroatoms. The van der Waals surface area contributed by atoms with Crippen molar-refractivity contribution in [2.75, 3.05) is 23.7 Å². The number of nitrogens with zero attached hydrogens (tertiary/aromatic N) is 1. The van der Waals surface area contributed by atoms with Crippen molar-refractivity contribution in [2.45, 2.75) is 45.6 Å². The van der Waals surface area contributed by atoms with Crippen molar-refractivity contribution in [3.63, 3.8) is 0 Å². The molecule has 3 N–H and O–H groups in total. The van der Waals surface area contributed by atoms with E-state index in [1.165, 1.54) is 0 Å². The van der Waals surface area contributed by atoms with Crippen LogP contribution in [0.2, 0.25) is 0 Å². The first-order valence-electron chi connectivity index (χ1n) is 10.5. The second-order valence-electron chi connectivity index (χ2n) is 8.13. The first kappa shape index (κ1) is 22.5. The van der Waals surface area contributed by atoms with Gasteiger partial charge in [0.25, 0.3) is 0 Å². The molecule has 2 amide bonds. The standard InChI is InChI=1S/C24H29N3O4/c1-16-3-4-17(2)21(13-16)26-23(29)15-27(20-9-10-20)12-11-22(28)25-19-7-5-18(6-8-19)14-24(30)31/h3-8,13,20H,9-12,14-15H2,1-2H3,(H,25,28)(H,26,29)(H,30,31). The van der Waals surface area contributed by atoms with E-state index >= 15 is 0 Å². The lowest BCUT2D eigenvalue weighted by molar-refractivity contribution is -0.136. The summed E-state index contributed by atoms with van der Waals surface area (Å²) in [7, 11) is 0. The van der Waals surface area contributed by atoms with Gasteiger partial charge in [-0.1, -0.05) is 24.3 Å². The van der Waals surface area contributed by atoms with Crippen LogP contribution >= 0.6 is 0 Å². The molecule has 0 spiro atoms. The van der Waals surface area contributed by atoms with E-state index in [4.69, 9.17) is 5.11 Å². The van der Waals surface area contributed by atoms with Gasteiger partial charge in [0.1, 0.15) is 0 Å². The smallest absolute Gasteiger partial charge is 0.307 e. The maximum Gasteiger partial charge on any atom is 0.307 e. The Morgan fingerprint density at radius 1 is 1.00 bits per heavy atom. The highest BCUT2D eigenvalue weighted by atomic mass is 16.4. The topological polar surface area (TPSA) is 98.7 Å². The van der Waals surface area contributed by atoms with Gasteiger partial charge in [0.2, 0.25) is 11.8 Å². The zero-order chi connectivity index (χ0) is 22.4. The number of nitrogens with one attached hydrogen (secondary N) is 2. The van der Waals surface area contributed by atoms with Crippen molar-refractivity contribution in [1.82, 2.24) is 4.90 Å². The summed E-state index contributed by atoms with van der Waals surface area (Å²) in [6.45, 7) is 4.72. The van der Waals surface area contributed by atoms with Crippen LogP contribution in [0, 0.1) is 13.8 Å². The molecule has 0 aromatic heterocycles. The number of benzene rings is 2. The number of carboxylic acid groups (broad SMARTS) is 1. The molecule has 0 atom stereocenters. The van der Waals surface area contributed by atoms with Crippen molar-refractivity contribution in [1.29, 1.82) is 0 Å². The molecular formula is C24H29N3O4. The van der Waals surface area contributed by atoms with Crippen molar-refractivity contribution in [3.05, 3.63) is 59.2 Å². The first-order valence-corrected chi connectivity index (χ1v) is 10.5. The fraction of sp³-hybridized carbons (Fsp3) is 0.375. The van der Waals surface area contributed by atoms with Crippen molar-refractivity contribution in [2.24, 2.45) is 0 Å². The highest BCUT2D eigenvalue weighted by Crippen LogP contribution is 2.27. The van der Waals surface area contributed by atoms with Gasteiger partial charge in [0.15, 0.2) is 0 Å². The largest absolute Gasteiger partial charge is 0.481 e. The van der Waals surface area contributed by atoms with Gasteiger partial charge in [0.05, 0.1) is 13.0 Å². The van der Waals surface area contributed by atoms with E-state index < -0.39 is 5.97 Å². The Labute approximate surface area is 182 Å². The molecule has 0 unspecified atom stereocenters. The van der Waals surface area contributed by atoms with E-state index in [1.54, 1.807) is 24.3 Å². The lowest BCUT2D eigenvalue weighted by Gasteiger charge is -2.21. The Bertz CT molecular complexity index is 952. The molecule has 2 aromatic rings. The molecule has 1 fully saturated rings. The quantitative estimate of drug-likeness (QED) is 0.544. The van der Waals surface area contributed by atoms with E-state index in [0.717, 1.165) is 29.7 Å². The van der Waals surface area contributed by atoms with Crippen LogP contribution in [0.1, 0.15) is 36.0 Å². The van der Waals surface area contributed by atoms with Gasteiger partial charge < -0.3 is 15.7 Å². The Morgan fingerprint density at radius 3 is 2.35 bits per heavy atom. The predicted octanol–water partition coefficient (Wildman–Crippen LogP) is 3.36. The molecule has 31 heavy (non-hydrogen) atoms. The van der Waals surface area contributed by atoms with Crippen molar-refractivity contribution in [3.8, 4) is 0 Å². The predicted molar refractivity (Wildman–Crippen MR) is 120 cm³/mol. The van der Waals surface area contributed by atoms with Gasteiger partial charge in [-0.25, -0.2) is 0 Å². The Balaban J connectivity index is 1.49. The average molecular weight is 424 g/mol. The number of hydrogen-bond acceptors (Lipinski definition) is 4. The Morgan fingerprint density at radius 2 is 1.71 bits per heavy atom. The third-order valence-electron chi connectivity index (χ3n) is 5.30. The van der Waals surface area contributed by atoms with E-state index in [0.29, 0.717) is 23.8 Å². The van der Waals surface area contributed by atoms with Crippen LogP contribution in [0.15, 0.2) is 42.5 Å². The molecule has 0 heterocycles. The van der Waals surface area contributed by atoms with Crippen LogP contribution in [0.4, 0.5) is 11.4 Å². The summed E-state index contributed by atoms with van der Waals surface area (Å²) < 4.78 is 0. The summed E-state index contributed by atoms with van der Waals surface area (Å²) >= 11 is 0. The molecule has 0 aliphatic heterocycles. The van der Waals surface area contributed by atoms with E-state index in [9.17, 15) is 14.4 Å². The molecule has 0 saturated heterocycles. The average Bonchev–Trinajstić information content (AvgIpc) is 3.54. The minimum absolute atomic E-state index is 0.0469. The molecule has 0 bridgehead atoms. The van der Waals surface area contributed by atoms with Crippen LogP contribution in [-0.2, 0) is 20.8 Å². The molecule has 7 nitrogen and oxygen atoms in total. The van der Waals surface area contributed by atoms with Gasteiger partial charge in [-0.2, -0.15) is 0 Å². The molecule has 1 saturated carbocycles. The van der Waals surface area contributed by atoms with Gasteiger partial charge >= 0.3 is 5.97 Å². The number of hydrogen-bond donors (Lipinski definition) is 3. The second kappa shape index (κ2) is 10.2. The summed E-state index contributed by atoms with van der Waals surface area (Å²) in [6, 6.07) is 13.1. The third-order valence-corrected chi connectivity index (χ3v) is 5.30. The number of aliphatic carboxylic acids is 1. The second-order valence-corrected chi connectivity index (χ2v) is 8.13. The van der Waals surface area contributed by atoms with Gasteiger partial charge in [-0.15, -0.1) is 0 Å². The SMILES string of the molecule is Cc1ccc(C)c(NC(=O)CN(CCC(=O)Nc2ccc(CC(=O)O)cc2)C2CC2)c1. The van der Waals surface area contributed by atoms with Crippen LogP contribution in [0.3, 0.4) is 0 Å². The maximum atomic E-state index is 12.6. The minimum atomic E-state index is -0.890. The molecule has 3 rings (SSSR count).